The molecular weight excluding hydrogens is 411 g/mol. The highest BCUT2D eigenvalue weighted by Gasteiger charge is 2.17. The van der Waals surface area contributed by atoms with Gasteiger partial charge in [-0.25, -0.2) is 12.8 Å². The molecule has 0 fully saturated rings. The predicted molar refractivity (Wildman–Crippen MR) is 102 cm³/mol. The van der Waals surface area contributed by atoms with E-state index in [0.29, 0.717) is 0 Å². The number of amides is 1. The molecule has 0 aliphatic carbocycles. The summed E-state index contributed by atoms with van der Waals surface area (Å²) in [7, 11) is -3.90. The van der Waals surface area contributed by atoms with E-state index in [9.17, 15) is 22.4 Å². The number of hydrogen-bond donors (Lipinski definition) is 2. The van der Waals surface area contributed by atoms with Crippen molar-refractivity contribution in [3.8, 4) is 0 Å². The first kappa shape index (κ1) is 21.8. The average Bonchev–Trinajstić information content (AvgIpc) is 2.63. The van der Waals surface area contributed by atoms with Gasteiger partial charge in [0, 0.05) is 5.02 Å². The fraction of sp³-hybridized carbons (Fsp3) is 0.222. The Morgan fingerprint density at radius 2 is 1.82 bits per heavy atom. The third-order valence-electron chi connectivity index (χ3n) is 3.76. The Balaban J connectivity index is 1.84. The Kier molecular flexibility index (Phi) is 7.11. The van der Waals surface area contributed by atoms with Crippen LogP contribution >= 0.6 is 11.6 Å². The number of esters is 1. The van der Waals surface area contributed by atoms with Gasteiger partial charge in [-0.2, -0.15) is 4.72 Å². The molecular formula is C18H18ClFN2O5S. The molecule has 0 saturated heterocycles. The summed E-state index contributed by atoms with van der Waals surface area (Å²) in [4.78, 5) is 23.4. The first-order valence-electron chi connectivity index (χ1n) is 8.06. The zero-order valence-corrected chi connectivity index (χ0v) is 16.7. The van der Waals surface area contributed by atoms with E-state index in [1.54, 1.807) is 13.0 Å². The predicted octanol–water partition coefficient (Wildman–Crippen LogP) is 2.56. The lowest BCUT2D eigenvalue weighted by Crippen LogP contribution is -2.32. The standard InChI is InChI=1S/C18H18ClFN2O5S/c1-11-3-5-14(7-12(11)2)28(25,26)21-9-18(24)27-10-17(23)22-16-6-4-13(19)8-15(16)20/h3-8,21H,9-10H2,1-2H3,(H,22,23). The molecule has 0 aliphatic heterocycles. The van der Waals surface area contributed by atoms with E-state index in [-0.39, 0.29) is 15.6 Å². The van der Waals surface area contributed by atoms with Crippen molar-refractivity contribution in [2.24, 2.45) is 0 Å². The van der Waals surface area contributed by atoms with Crippen LogP contribution in [0.4, 0.5) is 10.1 Å². The average molecular weight is 429 g/mol. The van der Waals surface area contributed by atoms with E-state index in [1.165, 1.54) is 24.3 Å². The number of benzene rings is 2. The van der Waals surface area contributed by atoms with Crippen LogP contribution in [0.3, 0.4) is 0 Å². The number of carbonyl (C=O) groups is 2. The van der Waals surface area contributed by atoms with Crippen LogP contribution in [0.15, 0.2) is 41.3 Å². The molecule has 0 aliphatic rings. The summed E-state index contributed by atoms with van der Waals surface area (Å²) in [6.45, 7) is 2.26. The molecule has 150 valence electrons. The van der Waals surface area contributed by atoms with E-state index >= 15 is 0 Å². The Bertz CT molecular complexity index is 1010. The number of halogens is 2. The summed E-state index contributed by atoms with van der Waals surface area (Å²) < 4.78 is 44.8. The van der Waals surface area contributed by atoms with Gasteiger partial charge in [-0.15, -0.1) is 0 Å². The van der Waals surface area contributed by atoms with Crippen LogP contribution in [-0.4, -0.2) is 33.4 Å². The van der Waals surface area contributed by atoms with Gasteiger partial charge in [-0.3, -0.25) is 9.59 Å². The van der Waals surface area contributed by atoms with Gasteiger partial charge in [0.15, 0.2) is 6.61 Å². The summed E-state index contributed by atoms with van der Waals surface area (Å²) in [5.41, 5.74) is 1.60. The SMILES string of the molecule is Cc1ccc(S(=O)(=O)NCC(=O)OCC(=O)Nc2ccc(Cl)cc2F)cc1C. The lowest BCUT2D eigenvalue weighted by Gasteiger charge is -2.09. The maximum absolute atomic E-state index is 13.6. The molecule has 2 N–H and O–H groups in total. The van der Waals surface area contributed by atoms with Crippen molar-refractivity contribution in [1.82, 2.24) is 4.72 Å². The highest BCUT2D eigenvalue weighted by molar-refractivity contribution is 7.89. The van der Waals surface area contributed by atoms with Gasteiger partial charge in [0.1, 0.15) is 12.4 Å². The summed E-state index contributed by atoms with van der Waals surface area (Å²) in [6.07, 6.45) is 0. The van der Waals surface area contributed by atoms with Gasteiger partial charge < -0.3 is 10.1 Å². The molecule has 2 rings (SSSR count). The van der Waals surface area contributed by atoms with Gasteiger partial charge >= 0.3 is 5.97 Å². The summed E-state index contributed by atoms with van der Waals surface area (Å²) >= 11 is 5.61. The Hall–Kier alpha value is -2.49. The molecule has 1 amide bonds. The first-order valence-corrected chi connectivity index (χ1v) is 9.92. The highest BCUT2D eigenvalue weighted by atomic mass is 35.5. The van der Waals surface area contributed by atoms with Crippen molar-refractivity contribution >= 4 is 39.2 Å². The molecule has 7 nitrogen and oxygen atoms in total. The largest absolute Gasteiger partial charge is 0.455 e. The number of carbonyl (C=O) groups excluding carboxylic acids is 2. The van der Waals surface area contributed by atoms with E-state index in [4.69, 9.17) is 11.6 Å². The zero-order valence-electron chi connectivity index (χ0n) is 15.1. The minimum absolute atomic E-state index is 0.0133. The summed E-state index contributed by atoms with van der Waals surface area (Å²) in [6, 6.07) is 8.22. The number of ether oxygens (including phenoxy) is 1. The maximum Gasteiger partial charge on any atom is 0.321 e. The molecule has 28 heavy (non-hydrogen) atoms. The molecule has 0 unspecified atom stereocenters. The van der Waals surface area contributed by atoms with Crippen molar-refractivity contribution in [2.75, 3.05) is 18.5 Å². The van der Waals surface area contributed by atoms with E-state index in [1.807, 2.05) is 6.92 Å². The topological polar surface area (TPSA) is 102 Å². The molecule has 0 radical (unpaired) electrons. The van der Waals surface area contributed by atoms with Crippen molar-refractivity contribution in [3.05, 3.63) is 58.4 Å². The number of rotatable bonds is 7. The Morgan fingerprint density at radius 3 is 2.46 bits per heavy atom. The van der Waals surface area contributed by atoms with Gasteiger partial charge in [0.25, 0.3) is 5.91 Å². The van der Waals surface area contributed by atoms with Crippen LogP contribution in [0.5, 0.6) is 0 Å². The van der Waals surface area contributed by atoms with E-state index < -0.39 is 40.9 Å². The van der Waals surface area contributed by atoms with Crippen LogP contribution in [0.2, 0.25) is 5.02 Å². The van der Waals surface area contributed by atoms with Crippen molar-refractivity contribution < 1.29 is 27.1 Å². The Labute approximate surface area is 166 Å². The van der Waals surface area contributed by atoms with Gasteiger partial charge in [0.05, 0.1) is 10.6 Å². The van der Waals surface area contributed by atoms with E-state index in [2.05, 4.69) is 14.8 Å². The van der Waals surface area contributed by atoms with E-state index in [0.717, 1.165) is 17.2 Å². The van der Waals surface area contributed by atoms with Gasteiger partial charge in [0.2, 0.25) is 10.0 Å². The van der Waals surface area contributed by atoms with Crippen LogP contribution in [-0.2, 0) is 24.3 Å². The third kappa shape index (κ3) is 6.01. The Morgan fingerprint density at radius 1 is 1.11 bits per heavy atom. The molecule has 0 heterocycles. The fourth-order valence-electron chi connectivity index (χ4n) is 2.09. The number of hydrogen-bond acceptors (Lipinski definition) is 5. The number of aryl methyl sites for hydroxylation is 2. The smallest absolute Gasteiger partial charge is 0.321 e. The van der Waals surface area contributed by atoms with Crippen molar-refractivity contribution in [2.45, 2.75) is 18.7 Å². The molecule has 0 atom stereocenters. The lowest BCUT2D eigenvalue weighted by atomic mass is 10.1. The molecule has 2 aromatic carbocycles. The van der Waals surface area contributed by atoms with Gasteiger partial charge in [-0.05, 0) is 55.3 Å². The molecule has 2 aromatic rings. The molecule has 0 aromatic heterocycles. The second-order valence-electron chi connectivity index (χ2n) is 5.90. The molecule has 0 bridgehead atoms. The first-order chi connectivity index (χ1) is 13.1. The maximum atomic E-state index is 13.6. The number of nitrogens with one attached hydrogen (secondary N) is 2. The van der Waals surface area contributed by atoms with Crippen LogP contribution < -0.4 is 10.0 Å². The minimum Gasteiger partial charge on any atom is -0.455 e. The van der Waals surface area contributed by atoms with Crippen molar-refractivity contribution in [1.29, 1.82) is 0 Å². The second kappa shape index (κ2) is 9.13. The monoisotopic (exact) mass is 428 g/mol. The van der Waals surface area contributed by atoms with Crippen molar-refractivity contribution in [3.63, 3.8) is 0 Å². The molecule has 0 spiro atoms. The minimum atomic E-state index is -3.90. The van der Waals surface area contributed by atoms with Gasteiger partial charge in [-0.1, -0.05) is 17.7 Å². The third-order valence-corrected chi connectivity index (χ3v) is 5.40. The molecule has 0 saturated carbocycles. The second-order valence-corrected chi connectivity index (χ2v) is 8.11. The molecule has 10 heteroatoms. The van der Waals surface area contributed by atoms with Crippen LogP contribution in [0, 0.1) is 19.7 Å². The zero-order chi connectivity index (χ0) is 20.9. The van der Waals surface area contributed by atoms with Crippen LogP contribution in [0.1, 0.15) is 11.1 Å². The van der Waals surface area contributed by atoms with Crippen LogP contribution in [0.25, 0.3) is 0 Å². The lowest BCUT2D eigenvalue weighted by molar-refractivity contribution is -0.146. The quantitative estimate of drug-likeness (QED) is 0.660. The number of anilines is 1. The fourth-order valence-corrected chi connectivity index (χ4v) is 3.30. The summed E-state index contributed by atoms with van der Waals surface area (Å²) in [5.74, 6) is -2.49. The summed E-state index contributed by atoms with van der Waals surface area (Å²) in [5, 5.41) is 2.38. The normalized spacial score (nSPS) is 11.1. The highest BCUT2D eigenvalue weighted by Crippen LogP contribution is 2.18. The number of sulfonamides is 1.